The van der Waals surface area contributed by atoms with Crippen LogP contribution in [0.5, 0.6) is 5.75 Å². The van der Waals surface area contributed by atoms with Crippen LogP contribution in [-0.4, -0.2) is 81.3 Å². The van der Waals surface area contributed by atoms with Crippen molar-refractivity contribution < 1.29 is 34.5 Å². The minimum absolute atomic E-state index is 0.00674. The van der Waals surface area contributed by atoms with Crippen LogP contribution in [0.4, 0.5) is 0 Å². The molecule has 0 bridgehead atoms. The van der Waals surface area contributed by atoms with Crippen LogP contribution in [0, 0.1) is 0 Å². The molecule has 8 N–H and O–H groups in total. The number of nitrogens with two attached hydrogens (primary N) is 1. The standard InChI is InChI=1S/C27H36N4O7S/c1-16(32)23(31-24(34)20(28)12-13-39-2)26(36)29-21(14-18-8-10-19(33)11-9-18)25(35)30-22(27(37)38)15-17-6-4-3-5-7-17/h3-11,16,20-23,32-33H,12-15,28H2,1-2H3,(H,29,36)(H,30,35)(H,31,34)(H,37,38). The summed E-state index contributed by atoms with van der Waals surface area (Å²) in [6, 6.07) is 9.85. The van der Waals surface area contributed by atoms with E-state index in [1.54, 1.807) is 42.5 Å². The van der Waals surface area contributed by atoms with Gasteiger partial charge in [0.05, 0.1) is 12.1 Å². The molecule has 3 amide bonds. The predicted octanol–water partition coefficient (Wildman–Crippen LogP) is 0.178. The van der Waals surface area contributed by atoms with E-state index in [0.717, 1.165) is 0 Å². The van der Waals surface area contributed by atoms with Gasteiger partial charge in [-0.25, -0.2) is 4.79 Å². The van der Waals surface area contributed by atoms with Crippen molar-refractivity contribution in [2.24, 2.45) is 5.73 Å². The second-order valence-corrected chi connectivity index (χ2v) is 10.1. The summed E-state index contributed by atoms with van der Waals surface area (Å²) in [6.07, 6.45) is 0.880. The van der Waals surface area contributed by atoms with Gasteiger partial charge in [0.1, 0.15) is 23.9 Å². The number of amides is 3. The number of aromatic hydroxyl groups is 1. The average molecular weight is 561 g/mol. The van der Waals surface area contributed by atoms with Gasteiger partial charge in [0.2, 0.25) is 17.7 Å². The zero-order valence-corrected chi connectivity index (χ0v) is 22.7. The van der Waals surface area contributed by atoms with Crippen molar-refractivity contribution in [2.45, 2.75) is 56.5 Å². The molecule has 0 heterocycles. The van der Waals surface area contributed by atoms with Crippen LogP contribution >= 0.6 is 11.8 Å². The summed E-state index contributed by atoms with van der Waals surface area (Å²) in [5.74, 6) is -2.86. The zero-order chi connectivity index (χ0) is 28.9. The monoisotopic (exact) mass is 560 g/mol. The number of phenolic OH excluding ortho intramolecular Hbond substituents is 1. The number of carboxylic acids is 1. The van der Waals surface area contributed by atoms with Crippen LogP contribution < -0.4 is 21.7 Å². The van der Waals surface area contributed by atoms with Crippen molar-refractivity contribution in [3.8, 4) is 5.75 Å². The molecule has 2 aromatic rings. The van der Waals surface area contributed by atoms with Gasteiger partial charge in [-0.2, -0.15) is 11.8 Å². The molecule has 0 radical (unpaired) electrons. The molecule has 11 nitrogen and oxygen atoms in total. The molecule has 0 aromatic heterocycles. The zero-order valence-electron chi connectivity index (χ0n) is 21.9. The lowest BCUT2D eigenvalue weighted by molar-refractivity contribution is -0.142. The van der Waals surface area contributed by atoms with Crippen LogP contribution in [0.1, 0.15) is 24.5 Å². The molecule has 5 unspecified atom stereocenters. The third-order valence-corrected chi connectivity index (χ3v) is 6.58. The van der Waals surface area contributed by atoms with Crippen molar-refractivity contribution >= 4 is 35.5 Å². The van der Waals surface area contributed by atoms with Crippen LogP contribution in [0.25, 0.3) is 0 Å². The summed E-state index contributed by atoms with van der Waals surface area (Å²) in [7, 11) is 0. The number of hydrogen-bond acceptors (Lipinski definition) is 8. The Bertz CT molecular complexity index is 1100. The van der Waals surface area contributed by atoms with Gasteiger partial charge in [0.25, 0.3) is 0 Å². The van der Waals surface area contributed by atoms with Gasteiger partial charge in [-0.3, -0.25) is 14.4 Å². The van der Waals surface area contributed by atoms with Crippen molar-refractivity contribution in [3.05, 3.63) is 65.7 Å². The number of hydrogen-bond donors (Lipinski definition) is 7. The number of thioether (sulfide) groups is 1. The lowest BCUT2D eigenvalue weighted by Crippen LogP contribution is -2.60. The van der Waals surface area contributed by atoms with Crippen LogP contribution in [-0.2, 0) is 32.0 Å². The van der Waals surface area contributed by atoms with E-state index >= 15 is 0 Å². The summed E-state index contributed by atoms with van der Waals surface area (Å²) in [5.41, 5.74) is 7.15. The number of carbonyl (C=O) groups is 4. The second kappa shape index (κ2) is 15.7. The molecule has 39 heavy (non-hydrogen) atoms. The van der Waals surface area contributed by atoms with E-state index in [-0.39, 0.29) is 18.6 Å². The highest BCUT2D eigenvalue weighted by atomic mass is 32.2. The van der Waals surface area contributed by atoms with Gasteiger partial charge in [-0.15, -0.1) is 0 Å². The maximum atomic E-state index is 13.3. The van der Waals surface area contributed by atoms with Gasteiger partial charge in [-0.05, 0) is 48.6 Å². The van der Waals surface area contributed by atoms with E-state index in [4.69, 9.17) is 5.73 Å². The summed E-state index contributed by atoms with van der Waals surface area (Å²) >= 11 is 1.51. The highest BCUT2D eigenvalue weighted by Gasteiger charge is 2.32. The van der Waals surface area contributed by atoms with Gasteiger partial charge < -0.3 is 37.0 Å². The fourth-order valence-corrected chi connectivity index (χ4v) is 4.19. The molecule has 0 aliphatic carbocycles. The fourth-order valence-electron chi connectivity index (χ4n) is 3.70. The molecule has 2 rings (SSSR count). The van der Waals surface area contributed by atoms with Crippen molar-refractivity contribution in [1.82, 2.24) is 16.0 Å². The predicted molar refractivity (Wildman–Crippen MR) is 148 cm³/mol. The second-order valence-electron chi connectivity index (χ2n) is 9.14. The molecule has 0 aliphatic heterocycles. The van der Waals surface area contributed by atoms with Crippen molar-refractivity contribution in [1.29, 1.82) is 0 Å². The number of carboxylic acid groups (broad SMARTS) is 1. The molecule has 0 aliphatic rings. The summed E-state index contributed by atoms with van der Waals surface area (Å²) < 4.78 is 0. The Morgan fingerprint density at radius 2 is 1.41 bits per heavy atom. The number of aliphatic hydroxyl groups excluding tert-OH is 1. The number of carbonyl (C=O) groups excluding carboxylic acids is 3. The first-order valence-corrected chi connectivity index (χ1v) is 13.8. The maximum Gasteiger partial charge on any atom is 0.326 e. The molecule has 0 saturated carbocycles. The first-order valence-electron chi connectivity index (χ1n) is 12.4. The number of phenols is 1. The molecule has 212 valence electrons. The number of rotatable bonds is 15. The van der Waals surface area contributed by atoms with E-state index in [2.05, 4.69) is 16.0 Å². The Labute approximate surface area is 231 Å². The van der Waals surface area contributed by atoms with Crippen LogP contribution in [0.2, 0.25) is 0 Å². The Morgan fingerprint density at radius 1 is 0.846 bits per heavy atom. The van der Waals surface area contributed by atoms with Crippen LogP contribution in [0.15, 0.2) is 54.6 Å². The molecule has 5 atom stereocenters. The van der Waals surface area contributed by atoms with E-state index in [0.29, 0.717) is 23.3 Å². The van der Waals surface area contributed by atoms with E-state index in [9.17, 15) is 34.5 Å². The Balaban J connectivity index is 2.23. The highest BCUT2D eigenvalue weighted by molar-refractivity contribution is 7.98. The molecule has 0 fully saturated rings. The summed E-state index contributed by atoms with van der Waals surface area (Å²) in [5, 5.41) is 37.0. The first kappa shape index (κ1) is 31.6. The van der Waals surface area contributed by atoms with Crippen LogP contribution in [0.3, 0.4) is 0 Å². The first-order chi connectivity index (χ1) is 18.5. The van der Waals surface area contributed by atoms with E-state index < -0.39 is 54.0 Å². The Hall–Kier alpha value is -3.61. The SMILES string of the molecule is CSCCC(N)C(=O)NC(C(=O)NC(Cc1ccc(O)cc1)C(=O)NC(Cc1ccccc1)C(=O)O)C(C)O. The normalized spacial score (nSPS) is 14.8. The van der Waals surface area contributed by atoms with Gasteiger partial charge in [-0.1, -0.05) is 42.5 Å². The molecule has 2 aromatic carbocycles. The number of aliphatic hydroxyl groups is 1. The lowest BCUT2D eigenvalue weighted by atomic mass is 10.0. The van der Waals surface area contributed by atoms with Crippen molar-refractivity contribution in [3.63, 3.8) is 0 Å². The Kier molecular flexibility index (Phi) is 12.7. The fraction of sp³-hybridized carbons (Fsp3) is 0.407. The maximum absolute atomic E-state index is 13.3. The number of aliphatic carboxylic acids is 1. The van der Waals surface area contributed by atoms with E-state index in [1.807, 2.05) is 6.26 Å². The topological polar surface area (TPSA) is 191 Å². The summed E-state index contributed by atoms with van der Waals surface area (Å²) in [6.45, 7) is 1.31. The molecular weight excluding hydrogens is 524 g/mol. The molecule has 12 heteroatoms. The quantitative estimate of drug-likeness (QED) is 0.159. The summed E-state index contributed by atoms with van der Waals surface area (Å²) in [4.78, 5) is 50.9. The van der Waals surface area contributed by atoms with Gasteiger partial charge in [0.15, 0.2) is 0 Å². The van der Waals surface area contributed by atoms with Crippen molar-refractivity contribution in [2.75, 3.05) is 12.0 Å². The average Bonchev–Trinajstić information content (AvgIpc) is 2.90. The van der Waals surface area contributed by atoms with Gasteiger partial charge in [0, 0.05) is 12.8 Å². The number of nitrogens with one attached hydrogen (secondary N) is 3. The third kappa shape index (κ3) is 10.6. The van der Waals surface area contributed by atoms with E-state index in [1.165, 1.54) is 30.8 Å². The minimum Gasteiger partial charge on any atom is -0.508 e. The molecule has 0 saturated heterocycles. The lowest BCUT2D eigenvalue weighted by Gasteiger charge is -2.26. The molecular formula is C27H36N4O7S. The molecule has 0 spiro atoms. The highest BCUT2D eigenvalue weighted by Crippen LogP contribution is 2.13. The Morgan fingerprint density at radius 3 is 1.97 bits per heavy atom. The number of benzene rings is 2. The third-order valence-electron chi connectivity index (χ3n) is 5.94. The largest absolute Gasteiger partial charge is 0.508 e. The van der Waals surface area contributed by atoms with Gasteiger partial charge >= 0.3 is 5.97 Å². The smallest absolute Gasteiger partial charge is 0.326 e. The minimum atomic E-state index is -1.41.